The van der Waals surface area contributed by atoms with Crippen LogP contribution in [-0.2, 0) is 16.1 Å². The molecule has 3 N–H and O–H groups in total. The number of hydrogen-bond donors (Lipinski definition) is 3. The van der Waals surface area contributed by atoms with Crippen molar-refractivity contribution in [3.05, 3.63) is 102 Å². The number of hydrogen-bond acceptors (Lipinski definition) is 4. The number of anilines is 1. The fourth-order valence-corrected chi connectivity index (χ4v) is 4.70. The Morgan fingerprint density at radius 2 is 1.46 bits per heavy atom. The maximum Gasteiger partial charge on any atom is 0.340 e. The number of carboxylic acids is 1. The number of Topliss-reactive ketones (excluding diaryl/α,β-unsaturated/α-hetero) is 1. The molecule has 0 radical (unpaired) electrons. The summed E-state index contributed by atoms with van der Waals surface area (Å²) in [5.41, 5.74) is 4.16. The van der Waals surface area contributed by atoms with E-state index in [0.29, 0.717) is 33.8 Å². The number of aromatic nitrogens is 1. The summed E-state index contributed by atoms with van der Waals surface area (Å²) in [5.74, 6) is -3.46. The van der Waals surface area contributed by atoms with Crippen LogP contribution in [0.3, 0.4) is 0 Å². The van der Waals surface area contributed by atoms with E-state index in [1.807, 2.05) is 66.9 Å². The average molecular weight is 529 g/mol. The molecule has 4 rings (SSSR count). The standard InChI is InChI=1S/C31H29FN2O5/c1-19(2)27-26(30(37)33-23-11-7-4-8-12-23)25(20-9-5-3-6-10-20)28(21-13-15-22(32)16-14-21)34(27)18-17-24(35)29(36)31(38)39/h3-16,19,29,36H,17-18H2,1-2H3,(H,33,37)(H,38,39). The van der Waals surface area contributed by atoms with Gasteiger partial charge in [0.2, 0.25) is 6.10 Å². The van der Waals surface area contributed by atoms with Gasteiger partial charge in [0.05, 0.1) is 11.3 Å². The van der Waals surface area contributed by atoms with Gasteiger partial charge >= 0.3 is 5.97 Å². The van der Waals surface area contributed by atoms with E-state index in [4.69, 9.17) is 5.11 Å². The Morgan fingerprint density at radius 1 is 0.872 bits per heavy atom. The van der Waals surface area contributed by atoms with Crippen molar-refractivity contribution < 1.29 is 29.0 Å². The summed E-state index contributed by atoms with van der Waals surface area (Å²) < 4.78 is 15.7. The van der Waals surface area contributed by atoms with Crippen molar-refractivity contribution in [2.24, 2.45) is 0 Å². The summed E-state index contributed by atoms with van der Waals surface area (Å²) in [7, 11) is 0. The summed E-state index contributed by atoms with van der Waals surface area (Å²) in [6, 6.07) is 24.2. The van der Waals surface area contributed by atoms with Gasteiger partial charge in [-0.15, -0.1) is 0 Å². The number of nitrogens with one attached hydrogen (secondary N) is 1. The molecule has 39 heavy (non-hydrogen) atoms. The third-order valence-electron chi connectivity index (χ3n) is 6.41. The number of aliphatic carboxylic acids is 1. The normalized spacial score (nSPS) is 11.8. The number of carboxylic acid groups (broad SMARTS) is 1. The molecule has 0 saturated carbocycles. The predicted molar refractivity (Wildman–Crippen MR) is 147 cm³/mol. The van der Waals surface area contributed by atoms with Gasteiger partial charge in [-0.3, -0.25) is 9.59 Å². The number of benzene rings is 3. The summed E-state index contributed by atoms with van der Waals surface area (Å²) in [4.78, 5) is 37.6. The predicted octanol–water partition coefficient (Wildman–Crippen LogP) is 5.74. The van der Waals surface area contributed by atoms with E-state index in [2.05, 4.69) is 5.32 Å². The second kappa shape index (κ2) is 11.9. The Balaban J connectivity index is 1.99. The van der Waals surface area contributed by atoms with Gasteiger partial charge in [-0.1, -0.05) is 62.4 Å². The van der Waals surface area contributed by atoms with Crippen LogP contribution < -0.4 is 5.32 Å². The number of ketones is 1. The molecule has 3 aromatic carbocycles. The van der Waals surface area contributed by atoms with Gasteiger partial charge in [-0.25, -0.2) is 9.18 Å². The monoisotopic (exact) mass is 528 g/mol. The average Bonchev–Trinajstić information content (AvgIpc) is 3.28. The fourth-order valence-electron chi connectivity index (χ4n) is 4.70. The third-order valence-corrected chi connectivity index (χ3v) is 6.41. The van der Waals surface area contributed by atoms with E-state index in [9.17, 15) is 23.9 Å². The second-order valence-corrected chi connectivity index (χ2v) is 9.44. The number of nitrogens with zero attached hydrogens (tertiary/aromatic N) is 1. The number of amides is 1. The second-order valence-electron chi connectivity index (χ2n) is 9.44. The van der Waals surface area contributed by atoms with E-state index >= 15 is 0 Å². The number of rotatable bonds is 10. The van der Waals surface area contributed by atoms with Crippen LogP contribution in [0.15, 0.2) is 84.9 Å². The van der Waals surface area contributed by atoms with Crippen molar-refractivity contribution in [1.29, 1.82) is 0 Å². The van der Waals surface area contributed by atoms with Crippen molar-refractivity contribution >= 4 is 23.3 Å². The lowest BCUT2D eigenvalue weighted by molar-refractivity contribution is -0.152. The van der Waals surface area contributed by atoms with Gasteiger partial charge in [0.15, 0.2) is 5.78 Å². The zero-order valence-electron chi connectivity index (χ0n) is 21.6. The highest BCUT2D eigenvalue weighted by Gasteiger charge is 2.31. The molecule has 1 unspecified atom stereocenters. The van der Waals surface area contributed by atoms with Gasteiger partial charge in [0.1, 0.15) is 5.82 Å². The van der Waals surface area contributed by atoms with E-state index in [-0.39, 0.29) is 24.8 Å². The SMILES string of the molecule is CC(C)c1c(C(=O)Nc2ccccc2)c(-c2ccccc2)c(-c2ccc(F)cc2)n1CCC(=O)C(O)C(=O)O. The van der Waals surface area contributed by atoms with Crippen LogP contribution in [0.25, 0.3) is 22.4 Å². The van der Waals surface area contributed by atoms with Crippen molar-refractivity contribution in [2.45, 2.75) is 38.8 Å². The van der Waals surface area contributed by atoms with Crippen molar-refractivity contribution in [3.8, 4) is 22.4 Å². The smallest absolute Gasteiger partial charge is 0.340 e. The molecule has 7 nitrogen and oxygen atoms in total. The minimum atomic E-state index is -2.15. The van der Waals surface area contributed by atoms with Gasteiger partial charge < -0.3 is 20.1 Å². The van der Waals surface area contributed by atoms with Crippen molar-refractivity contribution in [1.82, 2.24) is 4.57 Å². The molecule has 8 heteroatoms. The number of para-hydroxylation sites is 1. The quantitative estimate of drug-likeness (QED) is 0.228. The van der Waals surface area contributed by atoms with E-state index in [1.165, 1.54) is 12.1 Å². The molecule has 0 aliphatic rings. The molecular formula is C31H29FN2O5. The Labute approximate surface area is 225 Å². The van der Waals surface area contributed by atoms with Crippen LogP contribution >= 0.6 is 0 Å². The highest BCUT2D eigenvalue weighted by atomic mass is 19.1. The number of aliphatic hydroxyl groups excluding tert-OH is 1. The van der Waals surface area contributed by atoms with E-state index in [1.54, 1.807) is 24.3 Å². The molecule has 1 heterocycles. The number of carbonyl (C=O) groups excluding carboxylic acids is 2. The van der Waals surface area contributed by atoms with Gasteiger partial charge in [-0.05, 0) is 53.4 Å². The molecule has 0 aliphatic carbocycles. The zero-order chi connectivity index (χ0) is 28.1. The molecule has 1 aromatic heterocycles. The lowest BCUT2D eigenvalue weighted by Gasteiger charge is -2.17. The molecule has 200 valence electrons. The third kappa shape index (κ3) is 5.97. The van der Waals surface area contributed by atoms with Crippen molar-refractivity contribution in [2.75, 3.05) is 5.32 Å². The summed E-state index contributed by atoms with van der Waals surface area (Å²) in [5, 5.41) is 21.9. The molecule has 1 atom stereocenters. The Morgan fingerprint density at radius 3 is 2.03 bits per heavy atom. The molecular weight excluding hydrogens is 499 g/mol. The Kier molecular flexibility index (Phi) is 8.36. The van der Waals surface area contributed by atoms with Crippen LogP contribution in [0.5, 0.6) is 0 Å². The maximum atomic E-state index is 14.0. The number of carbonyl (C=O) groups is 3. The lowest BCUT2D eigenvalue weighted by Crippen LogP contribution is -2.30. The summed E-state index contributed by atoms with van der Waals surface area (Å²) in [6.45, 7) is 3.84. The summed E-state index contributed by atoms with van der Waals surface area (Å²) in [6.07, 6.45) is -2.43. The first-order valence-corrected chi connectivity index (χ1v) is 12.6. The minimum absolute atomic E-state index is 0.00183. The van der Waals surface area contributed by atoms with Gasteiger partial charge in [0, 0.05) is 29.9 Å². The molecule has 0 fully saturated rings. The maximum absolute atomic E-state index is 14.0. The zero-order valence-corrected chi connectivity index (χ0v) is 21.6. The Bertz CT molecular complexity index is 1480. The summed E-state index contributed by atoms with van der Waals surface area (Å²) >= 11 is 0. The Hall–Kier alpha value is -4.56. The van der Waals surface area contributed by atoms with Gasteiger partial charge in [0.25, 0.3) is 5.91 Å². The van der Waals surface area contributed by atoms with Crippen LogP contribution in [0.2, 0.25) is 0 Å². The first-order chi connectivity index (χ1) is 18.7. The largest absolute Gasteiger partial charge is 0.479 e. The fraction of sp³-hybridized carbons (Fsp3) is 0.194. The highest BCUT2D eigenvalue weighted by molar-refractivity contribution is 6.12. The van der Waals surface area contributed by atoms with E-state index in [0.717, 1.165) is 5.56 Å². The van der Waals surface area contributed by atoms with E-state index < -0.39 is 23.7 Å². The molecule has 0 aliphatic heterocycles. The molecule has 0 saturated heterocycles. The topological polar surface area (TPSA) is 109 Å². The van der Waals surface area contributed by atoms with Crippen molar-refractivity contribution in [3.63, 3.8) is 0 Å². The molecule has 4 aromatic rings. The first-order valence-electron chi connectivity index (χ1n) is 12.6. The van der Waals surface area contributed by atoms with Crippen LogP contribution in [0.4, 0.5) is 10.1 Å². The highest BCUT2D eigenvalue weighted by Crippen LogP contribution is 2.42. The molecule has 0 spiro atoms. The molecule has 0 bridgehead atoms. The van der Waals surface area contributed by atoms with Crippen LogP contribution in [0.1, 0.15) is 42.2 Å². The first kappa shape index (κ1) is 27.5. The van der Waals surface area contributed by atoms with Crippen LogP contribution in [-0.4, -0.2) is 38.5 Å². The van der Waals surface area contributed by atoms with Crippen LogP contribution in [0, 0.1) is 5.82 Å². The molecule has 1 amide bonds. The minimum Gasteiger partial charge on any atom is -0.479 e. The number of halogens is 1. The lowest BCUT2D eigenvalue weighted by atomic mass is 9.94. The number of aliphatic hydroxyl groups is 1. The van der Waals surface area contributed by atoms with Gasteiger partial charge in [-0.2, -0.15) is 0 Å².